The fourth-order valence-electron chi connectivity index (χ4n) is 7.51. The lowest BCUT2D eigenvalue weighted by Crippen LogP contribution is -2.30. The van der Waals surface area contributed by atoms with E-state index in [2.05, 4.69) is 93.7 Å². The molecular weight excluding hydrogens is 805 g/mol. The van der Waals surface area contributed by atoms with E-state index in [9.17, 15) is 14.4 Å². The first kappa shape index (κ1) is 61.9. The van der Waals surface area contributed by atoms with Crippen LogP contribution in [0.25, 0.3) is 0 Å². The Kier molecular flexibility index (Phi) is 50.9. The third-order valence-corrected chi connectivity index (χ3v) is 11.7. The molecular formula is C59H102O6. The zero-order chi connectivity index (χ0) is 47.2. The third-order valence-electron chi connectivity index (χ3n) is 11.7. The van der Waals surface area contributed by atoms with E-state index in [1.807, 2.05) is 0 Å². The number of esters is 3. The summed E-state index contributed by atoms with van der Waals surface area (Å²) >= 11 is 0. The highest BCUT2D eigenvalue weighted by Crippen LogP contribution is 2.15. The van der Waals surface area contributed by atoms with Crippen LogP contribution in [0.15, 0.2) is 72.9 Å². The number of hydrogen-bond donors (Lipinski definition) is 0. The molecule has 0 heterocycles. The van der Waals surface area contributed by atoms with Crippen LogP contribution in [0, 0.1) is 0 Å². The Morgan fingerprint density at radius 2 is 0.554 bits per heavy atom. The van der Waals surface area contributed by atoms with Gasteiger partial charge in [-0.05, 0) is 96.3 Å². The molecule has 0 aliphatic carbocycles. The fourth-order valence-corrected chi connectivity index (χ4v) is 7.51. The maximum Gasteiger partial charge on any atom is 0.306 e. The van der Waals surface area contributed by atoms with Gasteiger partial charge in [0.05, 0.1) is 0 Å². The highest BCUT2D eigenvalue weighted by molar-refractivity contribution is 5.71. The SMILES string of the molecule is CCCCC/C=C\C/C=C\C/C=C\CCCCC(=O)OC[C@H](COC(=O)CCCCCCCCCCCCCCCCCCC)OC(=O)CCCC/C=C\C/C=C\C/C=C\CCCCC. The van der Waals surface area contributed by atoms with E-state index >= 15 is 0 Å². The minimum absolute atomic E-state index is 0.101. The Morgan fingerprint density at radius 3 is 0.892 bits per heavy atom. The van der Waals surface area contributed by atoms with Crippen molar-refractivity contribution in [3.05, 3.63) is 72.9 Å². The van der Waals surface area contributed by atoms with Crippen LogP contribution in [0.2, 0.25) is 0 Å². The van der Waals surface area contributed by atoms with Gasteiger partial charge in [0, 0.05) is 19.3 Å². The molecule has 374 valence electrons. The average molecular weight is 907 g/mol. The van der Waals surface area contributed by atoms with Crippen LogP contribution >= 0.6 is 0 Å². The number of ether oxygens (including phenoxy) is 3. The van der Waals surface area contributed by atoms with Gasteiger partial charge in [0.15, 0.2) is 6.10 Å². The van der Waals surface area contributed by atoms with Gasteiger partial charge in [0.25, 0.3) is 0 Å². The van der Waals surface area contributed by atoms with E-state index in [0.717, 1.165) is 77.0 Å². The number of carbonyl (C=O) groups excluding carboxylic acids is 3. The lowest BCUT2D eigenvalue weighted by molar-refractivity contribution is -0.167. The number of allylic oxidation sites excluding steroid dienone is 12. The molecule has 0 saturated carbocycles. The minimum atomic E-state index is -0.809. The summed E-state index contributed by atoms with van der Waals surface area (Å²) < 4.78 is 16.8. The molecule has 0 unspecified atom stereocenters. The predicted octanol–water partition coefficient (Wildman–Crippen LogP) is 18.2. The van der Waals surface area contributed by atoms with Gasteiger partial charge >= 0.3 is 17.9 Å². The number of unbranched alkanes of at least 4 members (excludes halogenated alkanes) is 26. The molecule has 0 radical (unpaired) electrons. The van der Waals surface area contributed by atoms with Crippen LogP contribution in [0.5, 0.6) is 0 Å². The number of rotatable bonds is 49. The van der Waals surface area contributed by atoms with Crippen molar-refractivity contribution >= 4 is 17.9 Å². The topological polar surface area (TPSA) is 78.9 Å². The molecule has 6 heteroatoms. The smallest absolute Gasteiger partial charge is 0.306 e. The first-order chi connectivity index (χ1) is 32.0. The Labute approximate surface area is 402 Å². The summed E-state index contributed by atoms with van der Waals surface area (Å²) in [5.74, 6) is -0.974. The van der Waals surface area contributed by atoms with Crippen molar-refractivity contribution < 1.29 is 28.6 Å². The third kappa shape index (κ3) is 51.7. The van der Waals surface area contributed by atoms with E-state index in [-0.39, 0.29) is 37.5 Å². The largest absolute Gasteiger partial charge is 0.462 e. The normalized spacial score (nSPS) is 12.6. The van der Waals surface area contributed by atoms with Crippen molar-refractivity contribution in [2.24, 2.45) is 0 Å². The first-order valence-corrected chi connectivity index (χ1v) is 27.4. The molecule has 0 aromatic rings. The molecule has 0 aromatic carbocycles. The van der Waals surface area contributed by atoms with Gasteiger partial charge in [-0.3, -0.25) is 14.4 Å². The van der Waals surface area contributed by atoms with Crippen LogP contribution in [0.1, 0.15) is 265 Å². The van der Waals surface area contributed by atoms with Gasteiger partial charge in [0.2, 0.25) is 0 Å². The zero-order valence-corrected chi connectivity index (χ0v) is 42.7. The molecule has 0 aromatic heterocycles. The molecule has 0 saturated heterocycles. The molecule has 0 fully saturated rings. The van der Waals surface area contributed by atoms with Crippen LogP contribution < -0.4 is 0 Å². The van der Waals surface area contributed by atoms with Crippen molar-refractivity contribution in [2.75, 3.05) is 13.2 Å². The van der Waals surface area contributed by atoms with Gasteiger partial charge < -0.3 is 14.2 Å². The van der Waals surface area contributed by atoms with Crippen LogP contribution in [-0.2, 0) is 28.6 Å². The Bertz CT molecular complexity index is 1230. The molecule has 0 aliphatic rings. The molecule has 6 nitrogen and oxygen atoms in total. The van der Waals surface area contributed by atoms with E-state index in [1.54, 1.807) is 0 Å². The molecule has 0 bridgehead atoms. The second-order valence-electron chi connectivity index (χ2n) is 18.1. The Balaban J connectivity index is 4.47. The highest BCUT2D eigenvalue weighted by atomic mass is 16.6. The van der Waals surface area contributed by atoms with Crippen LogP contribution in [0.4, 0.5) is 0 Å². The number of carbonyl (C=O) groups is 3. The van der Waals surface area contributed by atoms with E-state index < -0.39 is 6.10 Å². The van der Waals surface area contributed by atoms with Gasteiger partial charge in [0.1, 0.15) is 13.2 Å². The summed E-state index contributed by atoms with van der Waals surface area (Å²) in [6.45, 7) is 6.53. The summed E-state index contributed by atoms with van der Waals surface area (Å²) in [6.07, 6.45) is 67.5. The molecule has 0 N–H and O–H groups in total. The van der Waals surface area contributed by atoms with Crippen molar-refractivity contribution in [1.82, 2.24) is 0 Å². The van der Waals surface area contributed by atoms with Crippen molar-refractivity contribution in [3.63, 3.8) is 0 Å². The Hall–Kier alpha value is -3.15. The molecule has 1 atom stereocenters. The summed E-state index contributed by atoms with van der Waals surface area (Å²) in [4.78, 5) is 38.0. The van der Waals surface area contributed by atoms with Crippen molar-refractivity contribution in [3.8, 4) is 0 Å². The van der Waals surface area contributed by atoms with E-state index in [1.165, 1.54) is 141 Å². The predicted molar refractivity (Wildman–Crippen MR) is 279 cm³/mol. The second-order valence-corrected chi connectivity index (χ2v) is 18.1. The fraction of sp³-hybridized carbons (Fsp3) is 0.746. The molecule has 0 spiro atoms. The second kappa shape index (κ2) is 53.5. The van der Waals surface area contributed by atoms with E-state index in [4.69, 9.17) is 14.2 Å². The summed E-state index contributed by atoms with van der Waals surface area (Å²) in [7, 11) is 0. The number of hydrogen-bond acceptors (Lipinski definition) is 6. The standard InChI is InChI=1S/C59H102O6/c1-4-7-10-13-16-19-22-25-28-29-32-34-37-40-43-46-49-52-58(61)64-55-56(65-59(62)53-50-47-44-41-38-35-31-27-24-21-18-15-12-9-6-3)54-63-57(60)51-48-45-42-39-36-33-30-26-23-20-17-14-11-8-5-2/h17-18,20-21,26-27,30-31,36,38-39,41,56H,4-16,19,22-25,28-29,32-35,37,40,42-55H2,1-3H3/b20-17-,21-18-,30-26-,31-27-,39-36-,41-38-/t56-/m1/s1. The van der Waals surface area contributed by atoms with Crippen LogP contribution in [0.3, 0.4) is 0 Å². The molecule has 0 amide bonds. The zero-order valence-electron chi connectivity index (χ0n) is 42.7. The molecule has 65 heavy (non-hydrogen) atoms. The quantitative estimate of drug-likeness (QED) is 0.0262. The first-order valence-electron chi connectivity index (χ1n) is 27.4. The average Bonchev–Trinajstić information content (AvgIpc) is 3.30. The van der Waals surface area contributed by atoms with Gasteiger partial charge in [-0.2, -0.15) is 0 Å². The monoisotopic (exact) mass is 907 g/mol. The summed E-state index contributed by atoms with van der Waals surface area (Å²) in [5.41, 5.74) is 0. The maximum atomic E-state index is 12.8. The van der Waals surface area contributed by atoms with Gasteiger partial charge in [-0.25, -0.2) is 0 Å². The van der Waals surface area contributed by atoms with Gasteiger partial charge in [-0.15, -0.1) is 0 Å². The lowest BCUT2D eigenvalue weighted by atomic mass is 10.0. The van der Waals surface area contributed by atoms with Crippen LogP contribution in [-0.4, -0.2) is 37.2 Å². The summed E-state index contributed by atoms with van der Waals surface area (Å²) in [6, 6.07) is 0. The Morgan fingerprint density at radius 1 is 0.308 bits per heavy atom. The minimum Gasteiger partial charge on any atom is -0.462 e. The molecule has 0 rings (SSSR count). The highest BCUT2D eigenvalue weighted by Gasteiger charge is 2.19. The summed E-state index contributed by atoms with van der Waals surface area (Å²) in [5, 5.41) is 0. The molecule has 0 aliphatic heterocycles. The van der Waals surface area contributed by atoms with Crippen molar-refractivity contribution in [2.45, 2.75) is 271 Å². The lowest BCUT2D eigenvalue weighted by Gasteiger charge is -2.18. The maximum absolute atomic E-state index is 12.8. The van der Waals surface area contributed by atoms with E-state index in [0.29, 0.717) is 19.3 Å². The van der Waals surface area contributed by atoms with Gasteiger partial charge in [-0.1, -0.05) is 222 Å². The van der Waals surface area contributed by atoms with Crippen molar-refractivity contribution in [1.29, 1.82) is 0 Å².